The number of hydrogen-bond acceptors (Lipinski definition) is 2. The molecule has 126 valence electrons. The minimum atomic E-state index is -0.502. The van der Waals surface area contributed by atoms with Crippen molar-refractivity contribution in [1.82, 2.24) is 0 Å². The van der Waals surface area contributed by atoms with E-state index in [1.807, 2.05) is 49.4 Å². The van der Waals surface area contributed by atoms with Crippen LogP contribution in [0.25, 0.3) is 0 Å². The Bertz CT molecular complexity index is 878. The van der Waals surface area contributed by atoms with Gasteiger partial charge in [-0.05, 0) is 36.8 Å². The first-order valence-electron chi connectivity index (χ1n) is 7.98. The molecule has 0 fully saturated rings. The topological polar surface area (TPSA) is 38.3 Å². The third-order valence-corrected chi connectivity index (χ3v) is 3.64. The number of anilines is 1. The smallest absolute Gasteiger partial charge is 0.228 e. The molecule has 3 nitrogen and oxygen atoms in total. The summed E-state index contributed by atoms with van der Waals surface area (Å²) in [6.45, 7) is 1.96. The monoisotopic (exact) mass is 335 g/mol. The van der Waals surface area contributed by atoms with E-state index in [-0.39, 0.29) is 18.0 Å². The van der Waals surface area contributed by atoms with Crippen molar-refractivity contribution in [2.45, 2.75) is 13.3 Å². The van der Waals surface area contributed by atoms with Crippen LogP contribution >= 0.6 is 0 Å². The van der Waals surface area contributed by atoms with E-state index in [2.05, 4.69) is 5.32 Å². The van der Waals surface area contributed by atoms with Crippen LogP contribution in [0, 0.1) is 12.7 Å². The summed E-state index contributed by atoms with van der Waals surface area (Å²) in [6, 6.07) is 21.1. The van der Waals surface area contributed by atoms with Crippen LogP contribution in [-0.4, -0.2) is 5.91 Å². The molecule has 0 bridgehead atoms. The molecule has 1 amide bonds. The SMILES string of the molecule is Cc1cccc(CC(=O)Nc2cc(Oc3ccccc3)ccc2F)c1. The molecule has 0 aliphatic rings. The first kappa shape index (κ1) is 16.7. The molecular formula is C21H18FNO2. The average Bonchev–Trinajstić information content (AvgIpc) is 2.59. The highest BCUT2D eigenvalue weighted by molar-refractivity contribution is 5.92. The Labute approximate surface area is 146 Å². The van der Waals surface area contributed by atoms with E-state index in [1.165, 1.54) is 18.2 Å². The van der Waals surface area contributed by atoms with E-state index in [9.17, 15) is 9.18 Å². The molecule has 0 saturated heterocycles. The third kappa shape index (κ3) is 4.67. The predicted octanol–water partition coefficient (Wildman–Crippen LogP) is 5.11. The van der Waals surface area contributed by atoms with Crippen LogP contribution in [0.4, 0.5) is 10.1 Å². The van der Waals surface area contributed by atoms with Gasteiger partial charge in [0.25, 0.3) is 0 Å². The molecule has 0 saturated carbocycles. The Morgan fingerprint density at radius 3 is 2.52 bits per heavy atom. The first-order chi connectivity index (χ1) is 12.1. The van der Waals surface area contributed by atoms with Crippen molar-refractivity contribution in [1.29, 1.82) is 0 Å². The molecule has 0 unspecified atom stereocenters. The number of aryl methyl sites for hydroxylation is 1. The summed E-state index contributed by atoms with van der Waals surface area (Å²) in [6.07, 6.45) is 0.185. The van der Waals surface area contributed by atoms with Crippen molar-refractivity contribution in [2.75, 3.05) is 5.32 Å². The fourth-order valence-corrected chi connectivity index (χ4v) is 2.49. The van der Waals surface area contributed by atoms with Crippen molar-refractivity contribution < 1.29 is 13.9 Å². The van der Waals surface area contributed by atoms with Gasteiger partial charge >= 0.3 is 0 Å². The molecule has 3 aromatic carbocycles. The van der Waals surface area contributed by atoms with Gasteiger partial charge in [0.05, 0.1) is 12.1 Å². The number of carbonyl (C=O) groups excluding carboxylic acids is 1. The second kappa shape index (κ2) is 7.62. The molecule has 25 heavy (non-hydrogen) atoms. The lowest BCUT2D eigenvalue weighted by atomic mass is 10.1. The van der Waals surface area contributed by atoms with E-state index in [1.54, 1.807) is 12.1 Å². The summed E-state index contributed by atoms with van der Waals surface area (Å²) in [5.74, 6) is 0.323. The van der Waals surface area contributed by atoms with E-state index < -0.39 is 5.82 Å². The zero-order chi connectivity index (χ0) is 17.6. The second-order valence-electron chi connectivity index (χ2n) is 5.77. The van der Waals surface area contributed by atoms with E-state index in [0.717, 1.165) is 11.1 Å². The Morgan fingerprint density at radius 2 is 1.76 bits per heavy atom. The number of carbonyl (C=O) groups is 1. The lowest BCUT2D eigenvalue weighted by Crippen LogP contribution is -2.15. The van der Waals surface area contributed by atoms with Crippen LogP contribution in [-0.2, 0) is 11.2 Å². The highest BCUT2D eigenvalue weighted by Gasteiger charge is 2.10. The summed E-state index contributed by atoms with van der Waals surface area (Å²) in [7, 11) is 0. The van der Waals surface area contributed by atoms with Crippen molar-refractivity contribution in [3.05, 3.63) is 89.7 Å². The molecule has 0 radical (unpaired) electrons. The van der Waals surface area contributed by atoms with Crippen molar-refractivity contribution in [3.63, 3.8) is 0 Å². The number of rotatable bonds is 5. The Balaban J connectivity index is 1.71. The van der Waals surface area contributed by atoms with Gasteiger partial charge in [-0.3, -0.25) is 4.79 Å². The predicted molar refractivity (Wildman–Crippen MR) is 96.4 cm³/mol. The quantitative estimate of drug-likeness (QED) is 0.704. The van der Waals surface area contributed by atoms with Gasteiger partial charge in [-0.15, -0.1) is 0 Å². The van der Waals surface area contributed by atoms with Gasteiger partial charge < -0.3 is 10.1 Å². The van der Waals surface area contributed by atoms with Gasteiger partial charge in [-0.1, -0.05) is 48.0 Å². The van der Waals surface area contributed by atoms with Gasteiger partial charge in [0.15, 0.2) is 0 Å². The number of para-hydroxylation sites is 1. The molecule has 0 aromatic heterocycles. The molecule has 0 heterocycles. The second-order valence-corrected chi connectivity index (χ2v) is 5.77. The molecule has 3 rings (SSSR count). The molecule has 0 atom stereocenters. The number of nitrogens with one attached hydrogen (secondary N) is 1. The Morgan fingerprint density at radius 1 is 0.960 bits per heavy atom. The first-order valence-corrected chi connectivity index (χ1v) is 7.98. The number of hydrogen-bond donors (Lipinski definition) is 1. The minimum Gasteiger partial charge on any atom is -0.457 e. The van der Waals surface area contributed by atoms with Gasteiger partial charge in [0, 0.05) is 6.07 Å². The normalized spacial score (nSPS) is 10.3. The van der Waals surface area contributed by atoms with Crippen LogP contribution in [0.15, 0.2) is 72.8 Å². The van der Waals surface area contributed by atoms with E-state index >= 15 is 0 Å². The summed E-state index contributed by atoms with van der Waals surface area (Å²) < 4.78 is 19.7. The number of amides is 1. The van der Waals surface area contributed by atoms with Crippen LogP contribution in [0.2, 0.25) is 0 Å². The molecule has 0 aliphatic heterocycles. The standard InChI is InChI=1S/C21H18FNO2/c1-15-6-5-7-16(12-15)13-21(24)23-20-14-18(10-11-19(20)22)25-17-8-3-2-4-9-17/h2-12,14H,13H2,1H3,(H,23,24). The Hall–Kier alpha value is -3.14. The molecule has 4 heteroatoms. The molecular weight excluding hydrogens is 317 g/mol. The number of ether oxygens (including phenoxy) is 1. The van der Waals surface area contributed by atoms with Crippen molar-refractivity contribution in [2.24, 2.45) is 0 Å². The lowest BCUT2D eigenvalue weighted by Gasteiger charge is -2.10. The van der Waals surface area contributed by atoms with Crippen LogP contribution in [0.3, 0.4) is 0 Å². The van der Waals surface area contributed by atoms with Gasteiger partial charge in [-0.2, -0.15) is 0 Å². The van der Waals surface area contributed by atoms with Gasteiger partial charge in [0.1, 0.15) is 17.3 Å². The van der Waals surface area contributed by atoms with E-state index in [4.69, 9.17) is 4.74 Å². The fraction of sp³-hybridized carbons (Fsp3) is 0.0952. The molecule has 3 aromatic rings. The maximum absolute atomic E-state index is 14.0. The zero-order valence-corrected chi connectivity index (χ0v) is 13.8. The third-order valence-electron chi connectivity index (χ3n) is 3.64. The summed E-state index contributed by atoms with van der Waals surface area (Å²) in [5.41, 5.74) is 2.07. The number of halogens is 1. The molecule has 1 N–H and O–H groups in total. The van der Waals surface area contributed by atoms with Gasteiger partial charge in [0.2, 0.25) is 5.91 Å². The maximum atomic E-state index is 14.0. The zero-order valence-electron chi connectivity index (χ0n) is 13.8. The van der Waals surface area contributed by atoms with Crippen molar-refractivity contribution in [3.8, 4) is 11.5 Å². The van der Waals surface area contributed by atoms with Crippen LogP contribution < -0.4 is 10.1 Å². The molecule has 0 aliphatic carbocycles. The summed E-state index contributed by atoms with van der Waals surface area (Å²) in [5, 5.41) is 2.61. The summed E-state index contributed by atoms with van der Waals surface area (Å²) in [4.78, 5) is 12.2. The average molecular weight is 335 g/mol. The summed E-state index contributed by atoms with van der Waals surface area (Å²) >= 11 is 0. The van der Waals surface area contributed by atoms with Gasteiger partial charge in [-0.25, -0.2) is 4.39 Å². The highest BCUT2D eigenvalue weighted by atomic mass is 19.1. The largest absolute Gasteiger partial charge is 0.457 e. The van der Waals surface area contributed by atoms with Crippen LogP contribution in [0.1, 0.15) is 11.1 Å². The lowest BCUT2D eigenvalue weighted by molar-refractivity contribution is -0.115. The van der Waals surface area contributed by atoms with Crippen molar-refractivity contribution >= 4 is 11.6 Å². The van der Waals surface area contributed by atoms with Crippen LogP contribution in [0.5, 0.6) is 11.5 Å². The van der Waals surface area contributed by atoms with E-state index in [0.29, 0.717) is 11.5 Å². The minimum absolute atomic E-state index is 0.103. The maximum Gasteiger partial charge on any atom is 0.228 e. The molecule has 0 spiro atoms. The Kier molecular flexibility index (Phi) is 5.09. The highest BCUT2D eigenvalue weighted by Crippen LogP contribution is 2.26. The number of benzene rings is 3. The fourth-order valence-electron chi connectivity index (χ4n) is 2.49.